The Hall–Kier alpha value is 0.240. The van der Waals surface area contributed by atoms with Gasteiger partial charge in [0.1, 0.15) is 0 Å². The molecule has 0 saturated carbocycles. The lowest BCUT2D eigenvalue weighted by molar-refractivity contribution is 0.356. The lowest BCUT2D eigenvalue weighted by Gasteiger charge is -2.25. The van der Waals surface area contributed by atoms with E-state index in [2.05, 4.69) is 33.0 Å². The van der Waals surface area contributed by atoms with Gasteiger partial charge < -0.3 is 5.32 Å². The van der Waals surface area contributed by atoms with Crippen LogP contribution in [-0.4, -0.2) is 6.04 Å². The van der Waals surface area contributed by atoms with E-state index in [-0.39, 0.29) is 6.04 Å². The maximum absolute atomic E-state index is 6.14. The summed E-state index contributed by atoms with van der Waals surface area (Å²) in [6.45, 7) is 8.80. The Morgan fingerprint density at radius 3 is 2.31 bits per heavy atom. The summed E-state index contributed by atoms with van der Waals surface area (Å²) in [7, 11) is 0. The van der Waals surface area contributed by atoms with Crippen molar-refractivity contribution in [2.45, 2.75) is 46.2 Å². The fourth-order valence-electron chi connectivity index (χ4n) is 1.84. The molecule has 0 amide bonds. The molecule has 0 radical (unpaired) electrons. The molecule has 0 bridgehead atoms. The summed E-state index contributed by atoms with van der Waals surface area (Å²) in [4.78, 5) is 0. The molecule has 2 unspecified atom stereocenters. The van der Waals surface area contributed by atoms with Crippen LogP contribution >= 0.6 is 34.5 Å². The first kappa shape index (κ1) is 14.3. The zero-order valence-electron chi connectivity index (χ0n) is 10.2. The molecule has 4 heteroatoms. The highest BCUT2D eigenvalue weighted by Gasteiger charge is 2.18. The van der Waals surface area contributed by atoms with E-state index in [1.807, 2.05) is 6.07 Å². The molecule has 16 heavy (non-hydrogen) atoms. The molecule has 1 nitrogen and oxygen atoms in total. The number of hydrogen-bond donors (Lipinski definition) is 1. The Labute approximate surface area is 112 Å². The molecule has 0 aliphatic carbocycles. The fourth-order valence-corrected chi connectivity index (χ4v) is 3.49. The maximum atomic E-state index is 6.14. The van der Waals surface area contributed by atoms with Crippen LogP contribution in [0.5, 0.6) is 0 Å². The van der Waals surface area contributed by atoms with Crippen molar-refractivity contribution in [3.63, 3.8) is 0 Å². The summed E-state index contributed by atoms with van der Waals surface area (Å²) >= 11 is 13.5. The smallest absolute Gasteiger partial charge is 0.0991 e. The van der Waals surface area contributed by atoms with Gasteiger partial charge in [-0.05, 0) is 30.9 Å². The molecule has 1 rings (SSSR count). The van der Waals surface area contributed by atoms with E-state index in [1.54, 1.807) is 0 Å². The molecular weight excluding hydrogens is 261 g/mol. The molecule has 1 aromatic heterocycles. The average molecular weight is 280 g/mol. The second-order valence-electron chi connectivity index (χ2n) is 4.43. The molecule has 0 fully saturated rings. The predicted octanol–water partition coefficient (Wildman–Crippen LogP) is 5.14. The maximum Gasteiger partial charge on any atom is 0.0991 e. The Balaban J connectivity index is 2.71. The summed E-state index contributed by atoms with van der Waals surface area (Å²) < 4.78 is 1.55. The summed E-state index contributed by atoms with van der Waals surface area (Å²) in [5.41, 5.74) is 1.11. The van der Waals surface area contributed by atoms with Gasteiger partial charge in [0.25, 0.3) is 0 Å². The van der Waals surface area contributed by atoms with Gasteiger partial charge in [-0.3, -0.25) is 0 Å². The van der Waals surface area contributed by atoms with Gasteiger partial charge in [-0.1, -0.05) is 44.0 Å². The van der Waals surface area contributed by atoms with Crippen molar-refractivity contribution in [2.24, 2.45) is 5.92 Å². The standard InChI is InChI=1S/C12H19Cl2NS/c1-5-10(7(2)3)15-8(4)9-6-11(13)16-12(9)14/h6-8,10,15H,5H2,1-4H3. The van der Waals surface area contributed by atoms with E-state index in [0.717, 1.165) is 20.7 Å². The van der Waals surface area contributed by atoms with Gasteiger partial charge in [0.2, 0.25) is 0 Å². The number of thiophene rings is 1. The van der Waals surface area contributed by atoms with Crippen LogP contribution in [-0.2, 0) is 0 Å². The van der Waals surface area contributed by atoms with Crippen LogP contribution in [0.3, 0.4) is 0 Å². The lowest BCUT2D eigenvalue weighted by Crippen LogP contribution is -2.35. The van der Waals surface area contributed by atoms with Crippen LogP contribution in [0.4, 0.5) is 0 Å². The number of nitrogens with one attached hydrogen (secondary N) is 1. The average Bonchev–Trinajstić information content (AvgIpc) is 2.53. The topological polar surface area (TPSA) is 12.0 Å². The number of halogens is 2. The first-order chi connectivity index (χ1) is 7.45. The highest BCUT2D eigenvalue weighted by Crippen LogP contribution is 2.35. The molecule has 2 atom stereocenters. The van der Waals surface area contributed by atoms with Crippen LogP contribution in [0.1, 0.15) is 45.7 Å². The second kappa shape index (κ2) is 6.25. The van der Waals surface area contributed by atoms with Gasteiger partial charge in [-0.15, -0.1) is 11.3 Å². The van der Waals surface area contributed by atoms with Crippen molar-refractivity contribution in [3.05, 3.63) is 20.3 Å². The Morgan fingerprint density at radius 1 is 1.31 bits per heavy atom. The highest BCUT2D eigenvalue weighted by molar-refractivity contribution is 7.20. The quantitative estimate of drug-likeness (QED) is 0.787. The highest BCUT2D eigenvalue weighted by atomic mass is 35.5. The largest absolute Gasteiger partial charge is 0.307 e. The monoisotopic (exact) mass is 279 g/mol. The van der Waals surface area contributed by atoms with Gasteiger partial charge in [-0.25, -0.2) is 0 Å². The Morgan fingerprint density at radius 2 is 1.94 bits per heavy atom. The van der Waals surface area contributed by atoms with Crippen molar-refractivity contribution >= 4 is 34.5 Å². The van der Waals surface area contributed by atoms with E-state index in [0.29, 0.717) is 12.0 Å². The van der Waals surface area contributed by atoms with Crippen molar-refractivity contribution in [2.75, 3.05) is 0 Å². The van der Waals surface area contributed by atoms with Crippen molar-refractivity contribution in [1.82, 2.24) is 5.32 Å². The molecule has 1 N–H and O–H groups in total. The summed E-state index contributed by atoms with van der Waals surface area (Å²) in [5.74, 6) is 0.625. The van der Waals surface area contributed by atoms with E-state index in [4.69, 9.17) is 23.2 Å². The third-order valence-corrected chi connectivity index (χ3v) is 4.38. The molecule has 0 aliphatic heterocycles. The van der Waals surface area contributed by atoms with E-state index in [9.17, 15) is 0 Å². The number of hydrogen-bond acceptors (Lipinski definition) is 2. The molecular formula is C12H19Cl2NS. The zero-order chi connectivity index (χ0) is 12.3. The predicted molar refractivity (Wildman–Crippen MR) is 74.8 cm³/mol. The van der Waals surface area contributed by atoms with E-state index < -0.39 is 0 Å². The van der Waals surface area contributed by atoms with Gasteiger partial charge in [0.15, 0.2) is 0 Å². The third-order valence-electron chi connectivity index (χ3n) is 2.86. The summed E-state index contributed by atoms with van der Waals surface area (Å²) in [5, 5.41) is 3.60. The van der Waals surface area contributed by atoms with Crippen LogP contribution in [0, 0.1) is 5.92 Å². The fraction of sp³-hybridized carbons (Fsp3) is 0.667. The third kappa shape index (κ3) is 3.63. The van der Waals surface area contributed by atoms with Crippen molar-refractivity contribution in [3.8, 4) is 0 Å². The van der Waals surface area contributed by atoms with Crippen LogP contribution < -0.4 is 5.32 Å². The molecule has 92 valence electrons. The Bertz CT molecular complexity index is 336. The van der Waals surface area contributed by atoms with Gasteiger partial charge in [0, 0.05) is 12.1 Å². The lowest BCUT2D eigenvalue weighted by atomic mass is 10.00. The SMILES string of the molecule is CCC(NC(C)c1cc(Cl)sc1Cl)C(C)C. The van der Waals surface area contributed by atoms with Gasteiger partial charge in [-0.2, -0.15) is 0 Å². The minimum Gasteiger partial charge on any atom is -0.307 e. The van der Waals surface area contributed by atoms with Gasteiger partial charge >= 0.3 is 0 Å². The van der Waals surface area contributed by atoms with Crippen LogP contribution in [0.2, 0.25) is 8.67 Å². The Kier molecular flexibility index (Phi) is 5.58. The first-order valence-corrected chi connectivity index (χ1v) is 7.23. The van der Waals surface area contributed by atoms with Crippen LogP contribution in [0.15, 0.2) is 6.07 Å². The van der Waals surface area contributed by atoms with Crippen LogP contribution in [0.25, 0.3) is 0 Å². The van der Waals surface area contributed by atoms with Gasteiger partial charge in [0.05, 0.1) is 8.67 Å². The zero-order valence-corrected chi connectivity index (χ0v) is 12.5. The molecule has 1 heterocycles. The molecule has 0 saturated heterocycles. The molecule has 0 aromatic carbocycles. The molecule has 0 aliphatic rings. The number of rotatable bonds is 5. The normalized spacial score (nSPS) is 15.4. The molecule has 1 aromatic rings. The summed E-state index contributed by atoms with van der Waals surface area (Å²) in [6.07, 6.45) is 1.12. The molecule has 0 spiro atoms. The van der Waals surface area contributed by atoms with Crippen molar-refractivity contribution < 1.29 is 0 Å². The van der Waals surface area contributed by atoms with Crippen molar-refractivity contribution in [1.29, 1.82) is 0 Å². The summed E-state index contributed by atoms with van der Waals surface area (Å²) in [6, 6.07) is 2.73. The minimum absolute atomic E-state index is 0.253. The first-order valence-electron chi connectivity index (χ1n) is 5.66. The minimum atomic E-state index is 0.253. The second-order valence-corrected chi connectivity index (χ2v) is 6.71. The van der Waals surface area contributed by atoms with E-state index >= 15 is 0 Å². The van der Waals surface area contributed by atoms with E-state index in [1.165, 1.54) is 11.3 Å².